The van der Waals surface area contributed by atoms with Gasteiger partial charge < -0.3 is 4.74 Å². The van der Waals surface area contributed by atoms with Gasteiger partial charge >= 0.3 is 5.97 Å². The van der Waals surface area contributed by atoms with Gasteiger partial charge in [0.15, 0.2) is 0 Å². The lowest BCUT2D eigenvalue weighted by Crippen LogP contribution is -2.19. The van der Waals surface area contributed by atoms with Crippen molar-refractivity contribution in [2.24, 2.45) is 5.41 Å². The Morgan fingerprint density at radius 2 is 2.00 bits per heavy atom. The maximum Gasteiger partial charge on any atom is 0.338 e. The zero-order valence-corrected chi connectivity index (χ0v) is 19.3. The molecular formula is C26H32O2S. The van der Waals surface area contributed by atoms with Crippen LogP contribution in [0, 0.1) is 5.41 Å². The third kappa shape index (κ3) is 5.27. The fraction of sp³-hybridized carbons (Fsp3) is 0.423. The number of ether oxygens (including phenoxy) is 1. The number of carbonyl (C=O) groups is 1. The monoisotopic (exact) mass is 408 g/mol. The van der Waals surface area contributed by atoms with Crippen molar-refractivity contribution in [3.8, 4) is 0 Å². The van der Waals surface area contributed by atoms with Crippen LogP contribution in [0.25, 0.3) is 16.2 Å². The van der Waals surface area contributed by atoms with Crippen LogP contribution in [0.15, 0.2) is 53.1 Å². The van der Waals surface area contributed by atoms with Crippen molar-refractivity contribution in [3.63, 3.8) is 0 Å². The lowest BCUT2D eigenvalue weighted by Gasteiger charge is -2.32. The number of hydrogen-bond donors (Lipinski definition) is 0. The van der Waals surface area contributed by atoms with Gasteiger partial charge in [0.1, 0.15) is 0 Å². The van der Waals surface area contributed by atoms with E-state index >= 15 is 0 Å². The van der Waals surface area contributed by atoms with Gasteiger partial charge in [0.2, 0.25) is 0 Å². The molecule has 29 heavy (non-hydrogen) atoms. The highest BCUT2D eigenvalue weighted by Gasteiger charge is 2.26. The van der Waals surface area contributed by atoms with Crippen molar-refractivity contribution < 1.29 is 9.53 Å². The van der Waals surface area contributed by atoms with Crippen LogP contribution in [-0.4, -0.2) is 12.1 Å². The highest BCUT2D eigenvalue weighted by molar-refractivity contribution is 7.19. The maximum atomic E-state index is 12.2. The number of carbonyl (C=O) groups excluding carboxylic acids is 1. The van der Waals surface area contributed by atoms with E-state index in [9.17, 15) is 4.79 Å². The molecule has 154 valence electrons. The second kappa shape index (κ2) is 8.71. The molecule has 0 amide bonds. The van der Waals surface area contributed by atoms with E-state index in [1.807, 2.05) is 32.0 Å². The van der Waals surface area contributed by atoms with Crippen LogP contribution in [0.2, 0.25) is 0 Å². The Kier molecular flexibility index (Phi) is 6.48. The summed E-state index contributed by atoms with van der Waals surface area (Å²) < 4.78 is 6.42. The van der Waals surface area contributed by atoms with E-state index < -0.39 is 0 Å². The van der Waals surface area contributed by atoms with Gasteiger partial charge in [-0.1, -0.05) is 37.6 Å². The average Bonchev–Trinajstić information content (AvgIpc) is 3.01. The average molecular weight is 409 g/mol. The number of allylic oxidation sites excluding steroid dienone is 5. The summed E-state index contributed by atoms with van der Waals surface area (Å²) in [6.07, 6.45) is 10.4. The predicted molar refractivity (Wildman–Crippen MR) is 125 cm³/mol. The molecule has 0 saturated carbocycles. The van der Waals surface area contributed by atoms with Gasteiger partial charge in [0.05, 0.1) is 11.7 Å². The first-order valence-electron chi connectivity index (χ1n) is 10.5. The highest BCUT2D eigenvalue weighted by atomic mass is 32.1. The number of rotatable bonds is 5. The third-order valence-electron chi connectivity index (χ3n) is 5.54. The summed E-state index contributed by atoms with van der Waals surface area (Å²) in [6, 6.07) is 7.97. The molecule has 0 spiro atoms. The summed E-state index contributed by atoms with van der Waals surface area (Å²) in [5, 5.41) is 1.16. The van der Waals surface area contributed by atoms with Gasteiger partial charge in [-0.05, 0) is 93.2 Å². The summed E-state index contributed by atoms with van der Waals surface area (Å²) in [5.41, 5.74) is 5.12. The van der Waals surface area contributed by atoms with E-state index in [0.29, 0.717) is 5.56 Å². The minimum atomic E-state index is -0.259. The number of benzene rings is 1. The van der Waals surface area contributed by atoms with Gasteiger partial charge in [-0.3, -0.25) is 0 Å². The largest absolute Gasteiger partial charge is 0.459 e. The van der Waals surface area contributed by atoms with E-state index in [2.05, 4.69) is 52.0 Å². The number of esters is 1. The summed E-state index contributed by atoms with van der Waals surface area (Å²) >= 11 is 1.71. The van der Waals surface area contributed by atoms with E-state index in [1.54, 1.807) is 11.3 Å². The Labute approximate surface area is 179 Å². The molecular weight excluding hydrogens is 376 g/mol. The van der Waals surface area contributed by atoms with Crippen molar-refractivity contribution in [1.82, 2.24) is 0 Å². The molecule has 0 atom stereocenters. The summed E-state index contributed by atoms with van der Waals surface area (Å²) in [4.78, 5) is 13.4. The summed E-state index contributed by atoms with van der Waals surface area (Å²) in [7, 11) is 0. The molecule has 3 rings (SSSR count). The molecule has 0 N–H and O–H groups in total. The molecule has 0 fully saturated rings. The Morgan fingerprint density at radius 1 is 1.24 bits per heavy atom. The standard InChI is InChI=1S/C26H32O2S/c1-17(2)28-25(27)21-11-10-20-15-22(29-24(20)16-21)14-18(3)9-12-23-19(4)8-7-13-26(23,5)6/h9-12,14-17H,7-8,13H2,1-6H3/b12-9?,18-14+. The zero-order chi connectivity index (χ0) is 21.2. The molecule has 1 aromatic heterocycles. The number of hydrogen-bond acceptors (Lipinski definition) is 3. The van der Waals surface area contributed by atoms with Crippen LogP contribution >= 0.6 is 11.3 Å². The van der Waals surface area contributed by atoms with Crippen molar-refractivity contribution in [2.75, 3.05) is 0 Å². The van der Waals surface area contributed by atoms with E-state index in [1.165, 1.54) is 40.9 Å². The molecule has 1 aliphatic carbocycles. The first kappa shape index (κ1) is 21.6. The Balaban J connectivity index is 1.81. The van der Waals surface area contributed by atoms with Gasteiger partial charge in [-0.25, -0.2) is 4.79 Å². The first-order valence-corrected chi connectivity index (χ1v) is 11.3. The maximum absolute atomic E-state index is 12.2. The second-order valence-corrected chi connectivity index (χ2v) is 10.1. The molecule has 0 saturated heterocycles. The van der Waals surface area contributed by atoms with Crippen molar-refractivity contribution in [1.29, 1.82) is 0 Å². The quantitative estimate of drug-likeness (QED) is 0.370. The van der Waals surface area contributed by atoms with Crippen LogP contribution in [0.5, 0.6) is 0 Å². The molecule has 1 aliphatic rings. The minimum Gasteiger partial charge on any atom is -0.459 e. The molecule has 0 radical (unpaired) electrons. The van der Waals surface area contributed by atoms with E-state index in [4.69, 9.17) is 4.74 Å². The lowest BCUT2D eigenvalue weighted by molar-refractivity contribution is 0.0378. The molecule has 2 aromatic rings. The summed E-state index contributed by atoms with van der Waals surface area (Å²) in [5.74, 6) is -0.259. The zero-order valence-electron chi connectivity index (χ0n) is 18.5. The molecule has 0 unspecified atom stereocenters. The summed E-state index contributed by atoms with van der Waals surface area (Å²) in [6.45, 7) is 12.9. The molecule has 1 aromatic carbocycles. The lowest BCUT2D eigenvalue weighted by atomic mass is 9.72. The Bertz CT molecular complexity index is 999. The Morgan fingerprint density at radius 3 is 2.69 bits per heavy atom. The van der Waals surface area contributed by atoms with Crippen molar-refractivity contribution >= 4 is 33.5 Å². The van der Waals surface area contributed by atoms with E-state index in [-0.39, 0.29) is 17.5 Å². The van der Waals surface area contributed by atoms with Gasteiger partial charge in [0, 0.05) is 9.58 Å². The number of fused-ring (bicyclic) bond motifs is 1. The van der Waals surface area contributed by atoms with Crippen LogP contribution in [0.4, 0.5) is 0 Å². The Hall–Kier alpha value is -2.13. The van der Waals surface area contributed by atoms with E-state index in [0.717, 1.165) is 10.1 Å². The van der Waals surface area contributed by atoms with Crippen LogP contribution in [0.1, 0.15) is 76.0 Å². The van der Waals surface area contributed by atoms with Gasteiger partial charge in [-0.2, -0.15) is 0 Å². The van der Waals surface area contributed by atoms with Gasteiger partial charge in [-0.15, -0.1) is 11.3 Å². The molecule has 0 aliphatic heterocycles. The number of thiophene rings is 1. The molecule has 3 heteroatoms. The topological polar surface area (TPSA) is 26.3 Å². The predicted octanol–water partition coefficient (Wildman–Crippen LogP) is 7.95. The second-order valence-electron chi connectivity index (χ2n) is 9.01. The molecule has 1 heterocycles. The highest BCUT2D eigenvalue weighted by Crippen LogP contribution is 2.41. The third-order valence-corrected chi connectivity index (χ3v) is 6.59. The van der Waals surface area contributed by atoms with Crippen molar-refractivity contribution in [3.05, 3.63) is 63.6 Å². The fourth-order valence-corrected chi connectivity index (χ4v) is 5.14. The molecule has 0 bridgehead atoms. The van der Waals surface area contributed by atoms with Crippen molar-refractivity contribution in [2.45, 2.75) is 66.9 Å². The normalized spacial score (nSPS) is 17.6. The fourth-order valence-electron chi connectivity index (χ4n) is 4.03. The van der Waals surface area contributed by atoms with Crippen LogP contribution in [0.3, 0.4) is 0 Å². The SMILES string of the molecule is CC1=C(C=C/C(C)=C/c2cc3ccc(C(=O)OC(C)C)cc3s2)C(C)(C)CCC1. The minimum absolute atomic E-state index is 0.109. The first-order chi connectivity index (χ1) is 13.7. The molecule has 2 nitrogen and oxygen atoms in total. The van der Waals surface area contributed by atoms with Crippen LogP contribution < -0.4 is 0 Å². The van der Waals surface area contributed by atoms with Gasteiger partial charge in [0.25, 0.3) is 0 Å². The smallest absolute Gasteiger partial charge is 0.338 e. The van der Waals surface area contributed by atoms with Crippen LogP contribution in [-0.2, 0) is 4.74 Å².